The molecule has 17 nitrogen and oxygen atoms in total. The SMILES string of the molecule is COc1ccc(CN(Cc2ccc(OC)cc2)S(=O)(=O)c2c(NS(=O)(=O)C[C@@H](COC(=O)NC(C)(C)C)O[Si](C)(C)[Si]3(C)CCC3(C)C)ccc(I)c2-c2nnn(Cc3ccc(OC)cc3)n2)cc1. The molecule has 69 heavy (non-hydrogen) atoms. The highest BCUT2D eigenvalue weighted by molar-refractivity contribution is 14.1. The number of benzene rings is 4. The second-order valence-corrected chi connectivity index (χ2v) is 39.1. The minimum absolute atomic E-state index is 0.0425. The smallest absolute Gasteiger partial charge is 0.407 e. The summed E-state index contributed by atoms with van der Waals surface area (Å²) in [6.45, 7) is 16.1. The van der Waals surface area contributed by atoms with Crippen LogP contribution < -0.4 is 24.2 Å². The third-order valence-corrected chi connectivity index (χ3v) is 36.3. The quantitative estimate of drug-likeness (QED) is 0.0523. The van der Waals surface area contributed by atoms with Crippen LogP contribution in [-0.2, 0) is 48.8 Å². The van der Waals surface area contributed by atoms with Crippen LogP contribution in [0.1, 0.15) is 57.7 Å². The average Bonchev–Trinajstić information content (AvgIpc) is 3.75. The molecule has 5 aromatic rings. The number of aromatic nitrogens is 4. The minimum Gasteiger partial charge on any atom is -0.497 e. The molecule has 2 N–H and O–H groups in total. The second kappa shape index (κ2) is 21.4. The van der Waals surface area contributed by atoms with E-state index in [1.807, 2.05) is 55.5 Å². The van der Waals surface area contributed by atoms with Crippen molar-refractivity contribution in [1.29, 1.82) is 0 Å². The zero-order valence-electron chi connectivity index (χ0n) is 41.1. The van der Waals surface area contributed by atoms with Gasteiger partial charge in [-0.05, 0) is 132 Å². The van der Waals surface area contributed by atoms with E-state index in [-0.39, 0.29) is 53.3 Å². The highest BCUT2D eigenvalue weighted by atomic mass is 127. The predicted octanol–water partition coefficient (Wildman–Crippen LogP) is 8.61. The van der Waals surface area contributed by atoms with Crippen molar-refractivity contribution in [3.05, 3.63) is 105 Å². The third-order valence-electron chi connectivity index (χ3n) is 13.0. The first kappa shape index (κ1) is 53.7. The fraction of sp³-hybridized carbons (Fsp3) is 0.447. The van der Waals surface area contributed by atoms with Gasteiger partial charge in [0.25, 0.3) is 0 Å². The number of hydrogen-bond donors (Lipinski definition) is 2. The number of nitrogens with zero attached hydrogens (tertiary/aromatic N) is 5. The molecule has 1 aliphatic rings. The van der Waals surface area contributed by atoms with Crippen molar-refractivity contribution < 1.29 is 45.0 Å². The lowest BCUT2D eigenvalue weighted by Gasteiger charge is -2.59. The Morgan fingerprint density at radius 3 is 1.84 bits per heavy atom. The molecule has 0 aliphatic carbocycles. The van der Waals surface area contributed by atoms with Crippen molar-refractivity contribution in [3.63, 3.8) is 0 Å². The lowest BCUT2D eigenvalue weighted by molar-refractivity contribution is 0.0847. The highest BCUT2D eigenvalue weighted by Crippen LogP contribution is 2.58. The van der Waals surface area contributed by atoms with Gasteiger partial charge in [-0.3, -0.25) is 4.72 Å². The zero-order chi connectivity index (χ0) is 50.6. The number of nitrogens with one attached hydrogen (secondary N) is 2. The standard InChI is InChI=1S/C47H64IN7O10S2Si2/c1-46(2,3)49-45(56)64-31-39(65-68(9,10)69(11)27-26-47(69,4)5)32-66(57,58)52-41-25-24-40(48)42(44-50-53-55(51-44)30-35-16-22-38(63-8)23-17-35)43(41)67(59,60)54(28-33-12-18-36(61-6)19-13-33)29-34-14-20-37(62-7)21-15-34/h12-25,39,52H,26-32H2,1-11H3,(H,49,56)/t39-,69?/m1/s1. The van der Waals surface area contributed by atoms with Crippen LogP contribution in [0.15, 0.2) is 89.8 Å². The molecule has 4 aromatic carbocycles. The van der Waals surface area contributed by atoms with E-state index in [1.54, 1.807) is 88.1 Å². The number of alkyl carbamates (subject to hydrolysis) is 1. The van der Waals surface area contributed by atoms with Crippen LogP contribution in [0.3, 0.4) is 0 Å². The number of sulfonamides is 2. The molecule has 1 unspecified atom stereocenters. The van der Waals surface area contributed by atoms with Crippen LogP contribution in [0.2, 0.25) is 30.7 Å². The summed E-state index contributed by atoms with van der Waals surface area (Å²) in [4.78, 5) is 13.9. The molecule has 1 aliphatic heterocycles. The van der Waals surface area contributed by atoms with Gasteiger partial charge in [-0.1, -0.05) is 69.3 Å². The molecule has 374 valence electrons. The summed E-state index contributed by atoms with van der Waals surface area (Å²) in [7, 11) is -9.16. The number of anilines is 1. The van der Waals surface area contributed by atoms with Crippen LogP contribution in [0, 0.1) is 3.57 Å². The first-order valence-electron chi connectivity index (χ1n) is 22.4. The molecule has 0 radical (unpaired) electrons. The maximum absolute atomic E-state index is 15.8. The topological polar surface area (TPSA) is 202 Å². The van der Waals surface area contributed by atoms with Gasteiger partial charge in [0, 0.05) is 22.2 Å². The molecular formula is C47H64IN7O10S2Si2. The van der Waals surface area contributed by atoms with E-state index in [2.05, 4.69) is 58.9 Å². The lowest BCUT2D eigenvalue weighted by atomic mass is 10.1. The van der Waals surface area contributed by atoms with Gasteiger partial charge in [0.2, 0.25) is 25.9 Å². The Kier molecular flexibility index (Phi) is 16.7. The average molecular weight is 1130 g/mol. The first-order valence-corrected chi connectivity index (χ1v) is 33.2. The number of carbonyl (C=O) groups is 1. The number of hydrogen-bond acceptors (Lipinski definition) is 13. The second-order valence-electron chi connectivity index (χ2n) is 19.6. The van der Waals surface area contributed by atoms with Gasteiger partial charge >= 0.3 is 6.09 Å². The number of rotatable bonds is 21. The molecule has 1 aromatic heterocycles. The third kappa shape index (κ3) is 13.0. The van der Waals surface area contributed by atoms with Crippen molar-refractivity contribution in [1.82, 2.24) is 29.8 Å². The molecule has 0 spiro atoms. The van der Waals surface area contributed by atoms with E-state index < -0.39 is 59.0 Å². The maximum atomic E-state index is 15.8. The maximum Gasteiger partial charge on any atom is 0.407 e. The van der Waals surface area contributed by atoms with Crippen LogP contribution >= 0.6 is 22.6 Å². The highest BCUT2D eigenvalue weighted by Gasteiger charge is 2.62. The molecule has 1 amide bonds. The molecule has 1 fully saturated rings. The summed E-state index contributed by atoms with van der Waals surface area (Å²) in [5, 5.41) is 16.2. The van der Waals surface area contributed by atoms with Crippen LogP contribution in [0.25, 0.3) is 11.4 Å². The number of ether oxygens (including phenoxy) is 4. The van der Waals surface area contributed by atoms with Crippen LogP contribution in [0.4, 0.5) is 10.5 Å². The summed E-state index contributed by atoms with van der Waals surface area (Å²) in [6.07, 6.45) is -0.750. The van der Waals surface area contributed by atoms with E-state index in [4.69, 9.17) is 23.4 Å². The van der Waals surface area contributed by atoms with E-state index in [0.717, 1.165) is 18.0 Å². The van der Waals surface area contributed by atoms with Gasteiger partial charge in [-0.15, -0.1) is 10.2 Å². The molecule has 1 saturated heterocycles. The Hall–Kier alpha value is -4.60. The number of tetrazole rings is 1. The fourth-order valence-electron chi connectivity index (χ4n) is 8.39. The molecule has 6 rings (SSSR count). The van der Waals surface area contributed by atoms with Crippen LogP contribution in [0.5, 0.6) is 17.2 Å². The van der Waals surface area contributed by atoms with Crippen molar-refractivity contribution in [2.24, 2.45) is 0 Å². The van der Waals surface area contributed by atoms with Gasteiger partial charge in [-0.2, -0.15) is 9.10 Å². The summed E-state index contributed by atoms with van der Waals surface area (Å²) < 4.78 is 94.0. The Balaban J connectivity index is 1.46. The van der Waals surface area contributed by atoms with Gasteiger partial charge in [-0.25, -0.2) is 21.6 Å². The van der Waals surface area contributed by atoms with Crippen molar-refractivity contribution in [3.8, 4) is 28.6 Å². The van der Waals surface area contributed by atoms with Gasteiger partial charge in [0.05, 0.1) is 58.6 Å². The summed E-state index contributed by atoms with van der Waals surface area (Å²) in [6, 6.07) is 25.4. The molecular weight excluding hydrogens is 1070 g/mol. The van der Waals surface area contributed by atoms with Crippen molar-refractivity contribution in [2.75, 3.05) is 38.4 Å². The van der Waals surface area contributed by atoms with E-state index in [0.29, 0.717) is 31.9 Å². The number of carbonyl (C=O) groups excluding carboxylic acids is 1. The normalized spacial score (nSPS) is 16.6. The summed E-state index contributed by atoms with van der Waals surface area (Å²) in [5.74, 6) is 1.16. The van der Waals surface area contributed by atoms with Gasteiger partial charge in [0.1, 0.15) is 28.8 Å². The zero-order valence-corrected chi connectivity index (χ0v) is 46.9. The lowest BCUT2D eigenvalue weighted by Crippen LogP contribution is -2.70. The van der Waals surface area contributed by atoms with Gasteiger partial charge in [0.15, 0.2) is 7.83 Å². The summed E-state index contributed by atoms with van der Waals surface area (Å²) >= 11 is 2.01. The molecule has 0 bridgehead atoms. The number of amides is 1. The van der Waals surface area contributed by atoms with E-state index in [1.165, 1.54) is 15.2 Å². The Morgan fingerprint density at radius 2 is 1.38 bits per heavy atom. The minimum atomic E-state index is -4.70. The van der Waals surface area contributed by atoms with E-state index in [9.17, 15) is 13.2 Å². The Bertz CT molecular complexity index is 2760. The molecule has 2 heterocycles. The number of halogens is 1. The molecule has 22 heteroatoms. The molecule has 0 saturated carbocycles. The predicted molar refractivity (Wildman–Crippen MR) is 280 cm³/mol. The first-order chi connectivity index (χ1) is 32.3. The van der Waals surface area contributed by atoms with Crippen molar-refractivity contribution in [2.45, 2.75) is 108 Å². The Morgan fingerprint density at radius 1 is 0.855 bits per heavy atom. The number of methoxy groups -OCH3 is 3. The van der Waals surface area contributed by atoms with Crippen molar-refractivity contribution >= 4 is 69.8 Å². The van der Waals surface area contributed by atoms with E-state index >= 15 is 8.42 Å². The molecule has 2 atom stereocenters. The van der Waals surface area contributed by atoms with Crippen LogP contribution in [-0.4, -0.2) is 108 Å². The van der Waals surface area contributed by atoms with Gasteiger partial charge < -0.3 is 28.7 Å². The summed E-state index contributed by atoms with van der Waals surface area (Å²) in [5.41, 5.74) is 1.30. The monoisotopic (exact) mass is 1130 g/mol. The Labute approximate surface area is 422 Å². The largest absolute Gasteiger partial charge is 0.497 e. The fourth-order valence-corrected chi connectivity index (χ4v) is 26.6.